The van der Waals surface area contributed by atoms with Gasteiger partial charge in [0.15, 0.2) is 0 Å². The Hall–Kier alpha value is -0.110. The zero-order chi connectivity index (χ0) is 6.85. The van der Waals surface area contributed by atoms with Gasteiger partial charge in [0.05, 0.1) is 5.70 Å². The van der Waals surface area contributed by atoms with Crippen molar-refractivity contribution in [2.75, 3.05) is 0 Å². The lowest BCUT2D eigenvalue weighted by Gasteiger charge is -1.96. The van der Waals surface area contributed by atoms with Crippen molar-refractivity contribution < 1.29 is 0 Å². The van der Waals surface area contributed by atoms with Gasteiger partial charge in [0, 0.05) is 10.4 Å². The number of nitrogens with zero attached hydrogens (tertiary/aromatic N) is 1. The molecular formula is C7H10BrN. The molecule has 0 aliphatic heterocycles. The van der Waals surface area contributed by atoms with Crippen molar-refractivity contribution in [1.82, 2.24) is 0 Å². The first-order valence-corrected chi connectivity index (χ1v) is 3.88. The van der Waals surface area contributed by atoms with Crippen LogP contribution in [0.25, 0.3) is 0 Å². The summed E-state index contributed by atoms with van der Waals surface area (Å²) >= 11 is 3.39. The van der Waals surface area contributed by atoms with E-state index < -0.39 is 0 Å². The molecule has 1 nitrogen and oxygen atoms in total. The van der Waals surface area contributed by atoms with E-state index in [1.807, 2.05) is 6.92 Å². The number of rotatable bonds is 2. The molecule has 0 N–H and O–H groups in total. The summed E-state index contributed by atoms with van der Waals surface area (Å²) < 4.78 is 1.14. The molecule has 0 aromatic rings. The Kier molecular flexibility index (Phi) is 2.06. The molecule has 0 radical (unpaired) electrons. The number of allylic oxidation sites excluding steroid dienone is 2. The van der Waals surface area contributed by atoms with Crippen LogP contribution >= 0.6 is 15.9 Å². The fraction of sp³-hybridized carbons (Fsp3) is 0.571. The van der Waals surface area contributed by atoms with Crippen LogP contribution in [0.4, 0.5) is 0 Å². The van der Waals surface area contributed by atoms with E-state index in [1.54, 1.807) is 0 Å². The number of aliphatic imine (C=N–C) groups is 1. The van der Waals surface area contributed by atoms with E-state index in [9.17, 15) is 0 Å². The van der Waals surface area contributed by atoms with Crippen LogP contribution in [0.3, 0.4) is 0 Å². The van der Waals surface area contributed by atoms with E-state index in [0.717, 1.165) is 10.2 Å². The molecule has 0 saturated heterocycles. The lowest BCUT2D eigenvalue weighted by molar-refractivity contribution is 0.976. The first-order chi connectivity index (χ1) is 4.25. The highest BCUT2D eigenvalue weighted by molar-refractivity contribution is 9.11. The summed E-state index contributed by atoms with van der Waals surface area (Å²) in [4.78, 5) is 3.93. The Labute approximate surface area is 64.0 Å². The van der Waals surface area contributed by atoms with Gasteiger partial charge in [-0.3, -0.25) is 4.99 Å². The molecule has 1 saturated carbocycles. The molecule has 1 aliphatic rings. The second-order valence-corrected chi connectivity index (χ2v) is 3.54. The van der Waals surface area contributed by atoms with E-state index in [0.29, 0.717) is 5.92 Å². The minimum atomic E-state index is 0.710. The molecule has 1 aliphatic carbocycles. The van der Waals surface area contributed by atoms with Gasteiger partial charge < -0.3 is 0 Å². The van der Waals surface area contributed by atoms with E-state index in [2.05, 4.69) is 27.6 Å². The highest BCUT2D eigenvalue weighted by Crippen LogP contribution is 2.39. The Balaban J connectivity index is 2.68. The molecule has 0 aromatic carbocycles. The van der Waals surface area contributed by atoms with Gasteiger partial charge >= 0.3 is 0 Å². The van der Waals surface area contributed by atoms with Crippen LogP contribution in [0.1, 0.15) is 19.8 Å². The Morgan fingerprint density at radius 2 is 2.22 bits per heavy atom. The summed E-state index contributed by atoms with van der Waals surface area (Å²) in [6.45, 7) is 5.52. The van der Waals surface area contributed by atoms with Gasteiger partial charge in [-0.05, 0) is 26.5 Å². The molecule has 0 spiro atoms. The summed E-state index contributed by atoms with van der Waals surface area (Å²) in [6, 6.07) is 0. The monoisotopic (exact) mass is 187 g/mol. The molecule has 0 bridgehead atoms. The minimum Gasteiger partial charge on any atom is -0.268 e. The van der Waals surface area contributed by atoms with Crippen LogP contribution in [0, 0.1) is 5.92 Å². The summed E-state index contributed by atoms with van der Waals surface area (Å²) in [5.41, 5.74) is 1.15. The van der Waals surface area contributed by atoms with Gasteiger partial charge in [-0.15, -0.1) is 0 Å². The second-order valence-electron chi connectivity index (χ2n) is 2.35. The van der Waals surface area contributed by atoms with Gasteiger partial charge in [0.2, 0.25) is 0 Å². The maximum absolute atomic E-state index is 3.93. The molecule has 0 atom stereocenters. The lowest BCUT2D eigenvalue weighted by Crippen LogP contribution is -1.80. The fourth-order valence-corrected chi connectivity index (χ4v) is 1.33. The molecule has 1 fully saturated rings. The van der Waals surface area contributed by atoms with E-state index in [1.165, 1.54) is 12.8 Å². The van der Waals surface area contributed by atoms with Crippen molar-refractivity contribution in [3.05, 3.63) is 10.2 Å². The van der Waals surface area contributed by atoms with Gasteiger partial charge in [0.25, 0.3) is 0 Å². The average molecular weight is 188 g/mol. The van der Waals surface area contributed by atoms with Crippen molar-refractivity contribution in [3.8, 4) is 0 Å². The maximum Gasteiger partial charge on any atom is 0.0525 e. The summed E-state index contributed by atoms with van der Waals surface area (Å²) in [5, 5.41) is 0. The fourth-order valence-electron chi connectivity index (χ4n) is 0.876. The molecule has 2 heteroatoms. The molecule has 0 aromatic heterocycles. The van der Waals surface area contributed by atoms with Crippen molar-refractivity contribution >= 4 is 22.6 Å². The third kappa shape index (κ3) is 1.65. The lowest BCUT2D eigenvalue weighted by atomic mass is 10.3. The third-order valence-electron chi connectivity index (χ3n) is 1.49. The van der Waals surface area contributed by atoms with E-state index in [4.69, 9.17) is 0 Å². The third-order valence-corrected chi connectivity index (χ3v) is 1.89. The van der Waals surface area contributed by atoms with Crippen molar-refractivity contribution in [2.45, 2.75) is 19.8 Å². The summed E-state index contributed by atoms with van der Waals surface area (Å²) in [7, 11) is 0. The van der Waals surface area contributed by atoms with Crippen molar-refractivity contribution in [3.63, 3.8) is 0 Å². The van der Waals surface area contributed by atoms with Crippen LogP contribution in [0.5, 0.6) is 0 Å². The summed E-state index contributed by atoms with van der Waals surface area (Å²) in [5.74, 6) is 0.710. The number of hydrogen-bond acceptors (Lipinski definition) is 1. The molecule has 0 unspecified atom stereocenters. The van der Waals surface area contributed by atoms with Crippen LogP contribution in [0.15, 0.2) is 15.2 Å². The Bertz CT molecular complexity index is 152. The van der Waals surface area contributed by atoms with Gasteiger partial charge in [-0.25, -0.2) is 0 Å². The van der Waals surface area contributed by atoms with Crippen LogP contribution in [-0.2, 0) is 0 Å². The second kappa shape index (κ2) is 2.65. The number of halogens is 1. The van der Waals surface area contributed by atoms with E-state index in [-0.39, 0.29) is 0 Å². The predicted octanol–water partition coefficient (Wildman–Crippen LogP) is 2.72. The standard InChI is InChI=1S/C7H10BrN/c1-5(8)7(9-2)6-3-4-6/h6H,2-4H2,1H3/b7-5+. The molecular weight excluding hydrogens is 178 g/mol. The highest BCUT2D eigenvalue weighted by Gasteiger charge is 2.26. The number of hydrogen-bond donors (Lipinski definition) is 0. The van der Waals surface area contributed by atoms with Gasteiger partial charge in [0.1, 0.15) is 0 Å². The normalized spacial score (nSPS) is 21.1. The van der Waals surface area contributed by atoms with Crippen molar-refractivity contribution in [2.24, 2.45) is 10.9 Å². The van der Waals surface area contributed by atoms with E-state index >= 15 is 0 Å². The zero-order valence-corrected chi connectivity index (χ0v) is 7.11. The molecule has 1 rings (SSSR count). The first kappa shape index (κ1) is 7.00. The predicted molar refractivity (Wildman–Crippen MR) is 43.9 cm³/mol. The maximum atomic E-state index is 3.93. The molecule has 0 amide bonds. The SMILES string of the molecule is C=N/C(=C(\C)Br)C1CC1. The Morgan fingerprint density at radius 3 is 2.33 bits per heavy atom. The molecule has 50 valence electrons. The van der Waals surface area contributed by atoms with Crippen LogP contribution in [-0.4, -0.2) is 6.72 Å². The largest absolute Gasteiger partial charge is 0.268 e. The van der Waals surface area contributed by atoms with Gasteiger partial charge in [-0.1, -0.05) is 15.9 Å². The first-order valence-electron chi connectivity index (χ1n) is 3.08. The van der Waals surface area contributed by atoms with Gasteiger partial charge in [-0.2, -0.15) is 0 Å². The molecule has 0 heterocycles. The topological polar surface area (TPSA) is 12.4 Å². The highest BCUT2D eigenvalue weighted by atomic mass is 79.9. The smallest absolute Gasteiger partial charge is 0.0525 e. The summed E-state index contributed by atoms with van der Waals surface area (Å²) in [6.07, 6.45) is 2.58. The quantitative estimate of drug-likeness (QED) is 0.590. The average Bonchev–Trinajstić information content (AvgIpc) is 2.50. The molecule has 9 heavy (non-hydrogen) atoms. The van der Waals surface area contributed by atoms with Crippen molar-refractivity contribution in [1.29, 1.82) is 0 Å². The Morgan fingerprint density at radius 1 is 1.67 bits per heavy atom. The van der Waals surface area contributed by atoms with Crippen LogP contribution in [0.2, 0.25) is 0 Å². The zero-order valence-electron chi connectivity index (χ0n) is 5.52. The minimum absolute atomic E-state index is 0.710. The van der Waals surface area contributed by atoms with Crippen LogP contribution < -0.4 is 0 Å².